The number of nitrogens with zero attached hydrogens (tertiary/aromatic N) is 1. The quantitative estimate of drug-likeness (QED) is 0.805. The van der Waals surface area contributed by atoms with Crippen LogP contribution >= 0.6 is 23.2 Å². The van der Waals surface area contributed by atoms with Crippen LogP contribution in [0.1, 0.15) is 17.4 Å². The molecule has 6 heteroatoms. The monoisotopic (exact) mass is 285 g/mol. The van der Waals surface area contributed by atoms with Crippen molar-refractivity contribution in [3.05, 3.63) is 40.0 Å². The zero-order chi connectivity index (χ0) is 13.1. The van der Waals surface area contributed by atoms with Gasteiger partial charge in [-0.15, -0.1) is 0 Å². The lowest BCUT2D eigenvalue weighted by Gasteiger charge is -2.01. The van der Waals surface area contributed by atoms with Crippen molar-refractivity contribution >= 4 is 29.2 Å². The molecule has 1 heterocycles. The topological polar surface area (TPSA) is 52.3 Å². The van der Waals surface area contributed by atoms with Crippen LogP contribution in [0.25, 0.3) is 11.3 Å². The molecule has 0 spiro atoms. The first-order chi connectivity index (χ1) is 8.63. The van der Waals surface area contributed by atoms with E-state index in [1.165, 1.54) is 6.07 Å². The zero-order valence-corrected chi connectivity index (χ0v) is 11.0. The molecule has 0 amide bonds. The van der Waals surface area contributed by atoms with E-state index in [0.29, 0.717) is 21.4 Å². The van der Waals surface area contributed by atoms with E-state index in [1.54, 1.807) is 25.1 Å². The smallest absolute Gasteiger partial charge is 0.360 e. The van der Waals surface area contributed by atoms with E-state index in [0.717, 1.165) is 0 Å². The van der Waals surface area contributed by atoms with Crippen molar-refractivity contribution in [3.63, 3.8) is 0 Å². The van der Waals surface area contributed by atoms with E-state index in [1.807, 2.05) is 0 Å². The second kappa shape index (κ2) is 5.42. The van der Waals surface area contributed by atoms with Crippen LogP contribution in [0.15, 0.2) is 28.8 Å². The van der Waals surface area contributed by atoms with Crippen LogP contribution in [0, 0.1) is 0 Å². The third kappa shape index (κ3) is 2.49. The Morgan fingerprint density at radius 3 is 2.67 bits per heavy atom. The minimum absolute atomic E-state index is 0.0860. The number of ether oxygens (including phenoxy) is 1. The van der Waals surface area contributed by atoms with Gasteiger partial charge in [-0.05, 0) is 19.1 Å². The summed E-state index contributed by atoms with van der Waals surface area (Å²) in [5, 5.41) is 4.48. The van der Waals surface area contributed by atoms with E-state index < -0.39 is 5.97 Å². The van der Waals surface area contributed by atoms with Crippen molar-refractivity contribution in [1.82, 2.24) is 5.16 Å². The Kier molecular flexibility index (Phi) is 3.89. The largest absolute Gasteiger partial charge is 0.461 e. The van der Waals surface area contributed by atoms with Crippen molar-refractivity contribution < 1.29 is 14.1 Å². The molecule has 0 aliphatic heterocycles. The summed E-state index contributed by atoms with van der Waals surface area (Å²) >= 11 is 12.1. The number of carbonyl (C=O) groups excluding carboxylic acids is 1. The molecule has 1 aromatic heterocycles. The molecule has 0 aliphatic rings. The molecule has 18 heavy (non-hydrogen) atoms. The van der Waals surface area contributed by atoms with Gasteiger partial charge in [-0.2, -0.15) is 0 Å². The summed E-state index contributed by atoms with van der Waals surface area (Å²) in [7, 11) is 0. The molecule has 0 aliphatic carbocycles. The van der Waals surface area contributed by atoms with Crippen molar-refractivity contribution in [2.24, 2.45) is 0 Å². The molecule has 0 N–H and O–H groups in total. The van der Waals surface area contributed by atoms with Gasteiger partial charge in [0.15, 0.2) is 11.5 Å². The lowest BCUT2D eigenvalue weighted by molar-refractivity contribution is 0.0514. The van der Waals surface area contributed by atoms with Crippen LogP contribution < -0.4 is 0 Å². The maximum absolute atomic E-state index is 11.4. The fourth-order valence-corrected chi connectivity index (χ4v) is 2.01. The second-order valence-electron chi connectivity index (χ2n) is 3.39. The summed E-state index contributed by atoms with van der Waals surface area (Å²) in [5.41, 5.74) is 0.590. The predicted octanol–water partition coefficient (Wildman–Crippen LogP) is 3.83. The molecule has 0 saturated carbocycles. The third-order valence-electron chi connectivity index (χ3n) is 2.20. The standard InChI is InChI=1S/C12H9Cl2NO3/c1-2-17-12(16)9-6-10(18-15-9)11-7(13)4-3-5-8(11)14/h3-6H,2H2,1H3. The highest BCUT2D eigenvalue weighted by atomic mass is 35.5. The highest BCUT2D eigenvalue weighted by Gasteiger charge is 2.18. The van der Waals surface area contributed by atoms with E-state index in [4.69, 9.17) is 32.5 Å². The van der Waals surface area contributed by atoms with Crippen LogP contribution in [-0.2, 0) is 4.74 Å². The number of benzene rings is 1. The summed E-state index contributed by atoms with van der Waals surface area (Å²) < 4.78 is 9.87. The van der Waals surface area contributed by atoms with Gasteiger partial charge in [-0.25, -0.2) is 4.79 Å². The van der Waals surface area contributed by atoms with Gasteiger partial charge in [0.2, 0.25) is 0 Å². The van der Waals surface area contributed by atoms with Gasteiger partial charge in [0.05, 0.1) is 22.2 Å². The Hall–Kier alpha value is -1.52. The lowest BCUT2D eigenvalue weighted by atomic mass is 10.1. The SMILES string of the molecule is CCOC(=O)c1cc(-c2c(Cl)cccc2Cl)on1. The maximum Gasteiger partial charge on any atom is 0.360 e. The zero-order valence-electron chi connectivity index (χ0n) is 9.44. The van der Waals surface area contributed by atoms with E-state index in [2.05, 4.69) is 5.16 Å². The molecular weight excluding hydrogens is 277 g/mol. The Balaban J connectivity index is 2.38. The van der Waals surface area contributed by atoms with Gasteiger partial charge in [0.25, 0.3) is 0 Å². The molecule has 4 nitrogen and oxygen atoms in total. The normalized spacial score (nSPS) is 10.4. The number of rotatable bonds is 3. The van der Waals surface area contributed by atoms with E-state index >= 15 is 0 Å². The number of esters is 1. The summed E-state index contributed by atoms with van der Waals surface area (Å²) in [6, 6.07) is 6.52. The first-order valence-electron chi connectivity index (χ1n) is 5.21. The van der Waals surface area contributed by atoms with Gasteiger partial charge in [0, 0.05) is 6.07 Å². The number of aromatic nitrogens is 1. The van der Waals surface area contributed by atoms with Crippen LogP contribution in [0.3, 0.4) is 0 Å². The van der Waals surface area contributed by atoms with Crippen LogP contribution in [0.4, 0.5) is 0 Å². The molecule has 0 saturated heterocycles. The molecule has 94 valence electrons. The number of hydrogen-bond acceptors (Lipinski definition) is 4. The summed E-state index contributed by atoms with van der Waals surface area (Å²) in [5.74, 6) is -0.218. The molecule has 0 bridgehead atoms. The summed E-state index contributed by atoms with van der Waals surface area (Å²) in [6.45, 7) is 1.98. The van der Waals surface area contributed by atoms with Crippen molar-refractivity contribution in [1.29, 1.82) is 0 Å². The molecule has 0 radical (unpaired) electrons. The van der Waals surface area contributed by atoms with Crippen molar-refractivity contribution in [2.75, 3.05) is 6.61 Å². The van der Waals surface area contributed by atoms with Crippen LogP contribution in [0.5, 0.6) is 0 Å². The Morgan fingerprint density at radius 1 is 1.39 bits per heavy atom. The number of hydrogen-bond donors (Lipinski definition) is 0. The average molecular weight is 286 g/mol. The van der Waals surface area contributed by atoms with Gasteiger partial charge >= 0.3 is 5.97 Å². The van der Waals surface area contributed by atoms with Gasteiger partial charge in [0.1, 0.15) is 0 Å². The molecule has 0 unspecified atom stereocenters. The molecule has 2 rings (SSSR count). The third-order valence-corrected chi connectivity index (χ3v) is 2.83. The first kappa shape index (κ1) is 12.9. The predicted molar refractivity (Wildman–Crippen MR) is 67.9 cm³/mol. The summed E-state index contributed by atoms with van der Waals surface area (Å²) in [4.78, 5) is 11.4. The van der Waals surface area contributed by atoms with E-state index in [-0.39, 0.29) is 12.3 Å². The number of halogens is 2. The van der Waals surface area contributed by atoms with Gasteiger partial charge < -0.3 is 9.26 Å². The van der Waals surface area contributed by atoms with Crippen molar-refractivity contribution in [3.8, 4) is 11.3 Å². The molecule has 0 atom stereocenters. The lowest BCUT2D eigenvalue weighted by Crippen LogP contribution is -2.04. The van der Waals surface area contributed by atoms with Crippen molar-refractivity contribution in [2.45, 2.75) is 6.92 Å². The Morgan fingerprint density at radius 2 is 2.06 bits per heavy atom. The van der Waals surface area contributed by atoms with E-state index in [9.17, 15) is 4.79 Å². The summed E-state index contributed by atoms with van der Waals surface area (Å²) in [6.07, 6.45) is 0. The second-order valence-corrected chi connectivity index (χ2v) is 4.21. The molecule has 1 aromatic carbocycles. The molecule has 0 fully saturated rings. The van der Waals surface area contributed by atoms with Gasteiger partial charge in [-0.3, -0.25) is 0 Å². The van der Waals surface area contributed by atoms with Crippen LogP contribution in [0.2, 0.25) is 10.0 Å². The molecular formula is C12H9Cl2NO3. The average Bonchev–Trinajstić information content (AvgIpc) is 2.78. The fraction of sp³-hybridized carbons (Fsp3) is 0.167. The Bertz CT molecular complexity index is 560. The minimum Gasteiger partial charge on any atom is -0.461 e. The molecule has 2 aromatic rings. The highest BCUT2D eigenvalue weighted by molar-refractivity contribution is 6.39. The highest BCUT2D eigenvalue weighted by Crippen LogP contribution is 2.34. The fourth-order valence-electron chi connectivity index (χ4n) is 1.43. The minimum atomic E-state index is -0.546. The maximum atomic E-state index is 11.4. The van der Waals surface area contributed by atoms with Crippen LogP contribution in [-0.4, -0.2) is 17.7 Å². The first-order valence-corrected chi connectivity index (χ1v) is 5.97. The van der Waals surface area contributed by atoms with Gasteiger partial charge in [-0.1, -0.05) is 34.4 Å². The number of carbonyl (C=O) groups is 1. The Labute approximate surface area is 113 Å².